The second-order valence-corrected chi connectivity index (χ2v) is 6.01. The third-order valence-corrected chi connectivity index (χ3v) is 4.33. The standard InChI is InChI=1S/C15H22O5S/c1-3-17-15(18-4-2)11-21(16)12-6-7-13-14(10-12)20-9-5-8-19-13/h6-7,10,15H,3-5,8-9,11H2,1-2H3. The van der Waals surface area contributed by atoms with Gasteiger partial charge < -0.3 is 18.9 Å². The molecule has 0 aromatic heterocycles. The lowest BCUT2D eigenvalue weighted by Crippen LogP contribution is -2.24. The van der Waals surface area contributed by atoms with E-state index in [-0.39, 0.29) is 0 Å². The topological polar surface area (TPSA) is 54.0 Å². The summed E-state index contributed by atoms with van der Waals surface area (Å²) in [6.45, 7) is 6.10. The van der Waals surface area contributed by atoms with Gasteiger partial charge in [0.1, 0.15) is 0 Å². The maximum atomic E-state index is 12.4. The van der Waals surface area contributed by atoms with Gasteiger partial charge in [-0.3, -0.25) is 4.21 Å². The van der Waals surface area contributed by atoms with E-state index in [2.05, 4.69) is 0 Å². The molecule has 1 aromatic carbocycles. The molecular formula is C15H22O5S. The van der Waals surface area contributed by atoms with E-state index in [9.17, 15) is 4.21 Å². The number of benzene rings is 1. The molecule has 0 aliphatic carbocycles. The van der Waals surface area contributed by atoms with E-state index in [1.54, 1.807) is 12.1 Å². The van der Waals surface area contributed by atoms with Crippen molar-refractivity contribution >= 4 is 10.8 Å². The molecule has 1 atom stereocenters. The maximum Gasteiger partial charge on any atom is 0.169 e. The first kappa shape index (κ1) is 16.3. The van der Waals surface area contributed by atoms with Gasteiger partial charge in [0.05, 0.1) is 29.8 Å². The Hall–Kier alpha value is -1.11. The van der Waals surface area contributed by atoms with E-state index in [1.807, 2.05) is 19.9 Å². The van der Waals surface area contributed by atoms with Crippen molar-refractivity contribution in [2.24, 2.45) is 0 Å². The van der Waals surface area contributed by atoms with E-state index >= 15 is 0 Å². The summed E-state index contributed by atoms with van der Waals surface area (Å²) in [4.78, 5) is 0.698. The molecule has 1 aliphatic rings. The summed E-state index contributed by atoms with van der Waals surface area (Å²) in [5.41, 5.74) is 0. The average Bonchev–Trinajstić information content (AvgIpc) is 2.72. The fourth-order valence-electron chi connectivity index (χ4n) is 2.02. The molecule has 2 rings (SSSR count). The van der Waals surface area contributed by atoms with Gasteiger partial charge in [-0.05, 0) is 26.0 Å². The molecular weight excluding hydrogens is 292 g/mol. The minimum absolute atomic E-state index is 0.307. The van der Waals surface area contributed by atoms with Gasteiger partial charge in [0.15, 0.2) is 17.8 Å². The molecule has 0 saturated carbocycles. The highest BCUT2D eigenvalue weighted by Gasteiger charge is 2.17. The molecule has 6 heteroatoms. The van der Waals surface area contributed by atoms with Crippen molar-refractivity contribution in [3.63, 3.8) is 0 Å². The monoisotopic (exact) mass is 314 g/mol. The Morgan fingerprint density at radius 2 is 1.81 bits per heavy atom. The molecule has 0 fully saturated rings. The van der Waals surface area contributed by atoms with Gasteiger partial charge in [0.25, 0.3) is 0 Å². The second kappa shape index (κ2) is 8.36. The van der Waals surface area contributed by atoms with Crippen LogP contribution in [-0.4, -0.2) is 42.7 Å². The van der Waals surface area contributed by atoms with Crippen LogP contribution in [-0.2, 0) is 20.3 Å². The average molecular weight is 314 g/mol. The number of fused-ring (bicyclic) bond motifs is 1. The Labute approximate surface area is 128 Å². The molecule has 118 valence electrons. The third-order valence-electron chi connectivity index (χ3n) is 2.97. The maximum absolute atomic E-state index is 12.4. The van der Waals surface area contributed by atoms with Crippen molar-refractivity contribution in [1.82, 2.24) is 0 Å². The normalized spacial score (nSPS) is 15.8. The van der Waals surface area contributed by atoms with Gasteiger partial charge in [-0.15, -0.1) is 0 Å². The predicted molar refractivity (Wildman–Crippen MR) is 80.4 cm³/mol. The third kappa shape index (κ3) is 4.69. The van der Waals surface area contributed by atoms with Crippen LogP contribution < -0.4 is 9.47 Å². The van der Waals surface area contributed by atoms with Crippen LogP contribution in [0.3, 0.4) is 0 Å². The van der Waals surface area contributed by atoms with Gasteiger partial charge >= 0.3 is 0 Å². The van der Waals surface area contributed by atoms with Crippen molar-refractivity contribution in [3.05, 3.63) is 18.2 Å². The Kier molecular flexibility index (Phi) is 6.48. The molecule has 5 nitrogen and oxygen atoms in total. The fraction of sp³-hybridized carbons (Fsp3) is 0.600. The number of hydrogen-bond acceptors (Lipinski definition) is 5. The second-order valence-electron chi connectivity index (χ2n) is 4.51. The lowest BCUT2D eigenvalue weighted by Gasteiger charge is -2.16. The SMILES string of the molecule is CCOC(CS(=O)c1ccc2c(c1)OCCCO2)OCC. The highest BCUT2D eigenvalue weighted by Crippen LogP contribution is 2.31. The van der Waals surface area contributed by atoms with Crippen molar-refractivity contribution in [1.29, 1.82) is 0 Å². The zero-order valence-electron chi connectivity index (χ0n) is 12.5. The molecule has 0 radical (unpaired) electrons. The van der Waals surface area contributed by atoms with Crippen molar-refractivity contribution in [2.75, 3.05) is 32.2 Å². The highest BCUT2D eigenvalue weighted by molar-refractivity contribution is 7.85. The van der Waals surface area contributed by atoms with Gasteiger partial charge in [-0.25, -0.2) is 0 Å². The van der Waals surface area contributed by atoms with E-state index in [1.165, 1.54) is 0 Å². The quantitative estimate of drug-likeness (QED) is 0.723. The van der Waals surface area contributed by atoms with Crippen LogP contribution in [0.25, 0.3) is 0 Å². The predicted octanol–water partition coefficient (Wildman–Crippen LogP) is 2.35. The summed E-state index contributed by atoms with van der Waals surface area (Å²) in [6.07, 6.45) is 0.404. The highest BCUT2D eigenvalue weighted by atomic mass is 32.2. The smallest absolute Gasteiger partial charge is 0.169 e. The lowest BCUT2D eigenvalue weighted by molar-refractivity contribution is -0.120. The molecule has 0 spiro atoms. The Balaban J connectivity index is 2.06. The van der Waals surface area contributed by atoms with Crippen LogP contribution in [0, 0.1) is 0 Å². The molecule has 0 amide bonds. The summed E-state index contributed by atoms with van der Waals surface area (Å²) < 4.78 is 34.5. The van der Waals surface area contributed by atoms with Gasteiger partial charge in [0, 0.05) is 30.6 Å². The van der Waals surface area contributed by atoms with Crippen molar-refractivity contribution < 1.29 is 23.2 Å². The molecule has 1 aliphatic heterocycles. The largest absolute Gasteiger partial charge is 0.490 e. The van der Waals surface area contributed by atoms with E-state index in [4.69, 9.17) is 18.9 Å². The summed E-state index contributed by atoms with van der Waals surface area (Å²) in [5.74, 6) is 1.67. The number of ether oxygens (including phenoxy) is 4. The van der Waals surface area contributed by atoms with E-state index in [0.29, 0.717) is 48.6 Å². The van der Waals surface area contributed by atoms with Crippen molar-refractivity contribution in [3.8, 4) is 11.5 Å². The summed E-state index contributed by atoms with van der Waals surface area (Å²) in [5, 5.41) is 0. The molecule has 0 N–H and O–H groups in total. The minimum Gasteiger partial charge on any atom is -0.490 e. The number of hydrogen-bond donors (Lipinski definition) is 0. The van der Waals surface area contributed by atoms with Crippen LogP contribution >= 0.6 is 0 Å². The van der Waals surface area contributed by atoms with Crippen LogP contribution in [0.2, 0.25) is 0 Å². The first-order valence-corrected chi connectivity index (χ1v) is 8.57. The zero-order chi connectivity index (χ0) is 15.1. The molecule has 1 unspecified atom stereocenters. The lowest BCUT2D eigenvalue weighted by atomic mass is 10.3. The van der Waals surface area contributed by atoms with Gasteiger partial charge in [0.2, 0.25) is 0 Å². The molecule has 1 aromatic rings. The number of rotatable bonds is 7. The van der Waals surface area contributed by atoms with Crippen LogP contribution in [0.4, 0.5) is 0 Å². The van der Waals surface area contributed by atoms with Gasteiger partial charge in [-0.2, -0.15) is 0 Å². The first-order chi connectivity index (χ1) is 10.2. The van der Waals surface area contributed by atoms with Crippen LogP contribution in [0.1, 0.15) is 20.3 Å². The molecule has 1 heterocycles. The van der Waals surface area contributed by atoms with Crippen molar-refractivity contribution in [2.45, 2.75) is 31.5 Å². The molecule has 0 bridgehead atoms. The van der Waals surface area contributed by atoms with Crippen LogP contribution in [0.15, 0.2) is 23.1 Å². The molecule has 21 heavy (non-hydrogen) atoms. The molecule has 0 saturated heterocycles. The fourth-order valence-corrected chi connectivity index (χ4v) is 3.11. The Morgan fingerprint density at radius 1 is 1.14 bits per heavy atom. The Morgan fingerprint density at radius 3 is 2.48 bits per heavy atom. The van der Waals surface area contributed by atoms with Crippen LogP contribution in [0.5, 0.6) is 11.5 Å². The minimum atomic E-state index is -1.21. The zero-order valence-corrected chi connectivity index (χ0v) is 13.3. The Bertz CT molecular complexity index is 471. The van der Waals surface area contributed by atoms with E-state index < -0.39 is 17.1 Å². The van der Waals surface area contributed by atoms with E-state index in [0.717, 1.165) is 6.42 Å². The van der Waals surface area contributed by atoms with Gasteiger partial charge in [-0.1, -0.05) is 0 Å². The summed E-state index contributed by atoms with van der Waals surface area (Å²) in [7, 11) is -1.21. The first-order valence-electron chi connectivity index (χ1n) is 7.25. The summed E-state index contributed by atoms with van der Waals surface area (Å²) >= 11 is 0. The summed E-state index contributed by atoms with van der Waals surface area (Å²) in [6, 6.07) is 5.40.